The zero-order chi connectivity index (χ0) is 12.8. The van der Waals surface area contributed by atoms with Crippen LogP contribution in [0, 0.1) is 0 Å². The van der Waals surface area contributed by atoms with Crippen LogP contribution < -0.4 is 0 Å². The van der Waals surface area contributed by atoms with Gasteiger partial charge in [-0.05, 0) is 6.42 Å². The van der Waals surface area contributed by atoms with Gasteiger partial charge >= 0.3 is 0 Å². The first-order valence-corrected chi connectivity index (χ1v) is 8.66. The van der Waals surface area contributed by atoms with Crippen LogP contribution in [0.15, 0.2) is 0 Å². The quantitative estimate of drug-likeness (QED) is 0.369. The van der Waals surface area contributed by atoms with Gasteiger partial charge in [0.15, 0.2) is 11.1 Å². The summed E-state index contributed by atoms with van der Waals surface area (Å²) in [5.74, 6) is 0.851. The van der Waals surface area contributed by atoms with Gasteiger partial charge in [-0.2, -0.15) is 0 Å². The second-order valence-corrected chi connectivity index (χ2v) is 5.98. The van der Waals surface area contributed by atoms with E-state index < -0.39 is 11.1 Å². The van der Waals surface area contributed by atoms with E-state index in [1.165, 1.54) is 51.4 Å². The highest BCUT2D eigenvalue weighted by atomic mass is 35.5. The van der Waals surface area contributed by atoms with E-state index in [4.69, 9.17) is 15.8 Å². The Morgan fingerprint density at radius 1 is 0.941 bits per heavy atom. The lowest BCUT2D eigenvalue weighted by Crippen LogP contribution is -2.04. The maximum atomic E-state index is 11.1. The average molecular weight is 283 g/mol. The van der Waals surface area contributed by atoms with Crippen LogP contribution in [-0.4, -0.2) is 22.4 Å². The van der Waals surface area contributed by atoms with Crippen LogP contribution in [0.5, 0.6) is 0 Å². The van der Waals surface area contributed by atoms with Gasteiger partial charge in [0.2, 0.25) is 0 Å². The SMILES string of the molecule is CCCCCCCCCCCOS(=O)CCCl. The highest BCUT2D eigenvalue weighted by Crippen LogP contribution is 2.09. The van der Waals surface area contributed by atoms with E-state index >= 15 is 0 Å². The second kappa shape index (κ2) is 14.5. The van der Waals surface area contributed by atoms with Gasteiger partial charge in [-0.1, -0.05) is 58.3 Å². The number of halogens is 1. The number of hydrogen-bond acceptors (Lipinski definition) is 2. The minimum atomic E-state index is -1.16. The predicted molar refractivity (Wildman–Crippen MR) is 76.9 cm³/mol. The molecule has 0 aromatic heterocycles. The van der Waals surface area contributed by atoms with Crippen molar-refractivity contribution in [1.29, 1.82) is 0 Å². The first kappa shape index (κ1) is 17.4. The molecule has 0 aliphatic rings. The zero-order valence-corrected chi connectivity index (χ0v) is 12.7. The molecule has 1 unspecified atom stereocenters. The summed E-state index contributed by atoms with van der Waals surface area (Å²) in [7, 11) is 0. The monoisotopic (exact) mass is 282 g/mol. The molecule has 104 valence electrons. The smallest absolute Gasteiger partial charge is 0.156 e. The van der Waals surface area contributed by atoms with Crippen LogP contribution in [0.4, 0.5) is 0 Å². The summed E-state index contributed by atoms with van der Waals surface area (Å²) in [6, 6.07) is 0. The Labute approximate surface area is 114 Å². The molecule has 0 aliphatic carbocycles. The van der Waals surface area contributed by atoms with E-state index in [1.54, 1.807) is 0 Å². The number of unbranched alkanes of at least 4 members (excludes halogenated alkanes) is 8. The summed E-state index contributed by atoms with van der Waals surface area (Å²) in [6.45, 7) is 2.85. The van der Waals surface area contributed by atoms with E-state index in [9.17, 15) is 4.21 Å². The molecule has 0 saturated heterocycles. The molecule has 0 saturated carbocycles. The van der Waals surface area contributed by atoms with Crippen LogP contribution in [0.1, 0.15) is 64.7 Å². The van der Waals surface area contributed by atoms with Crippen LogP contribution >= 0.6 is 11.6 Å². The molecule has 17 heavy (non-hydrogen) atoms. The molecule has 0 bridgehead atoms. The minimum Gasteiger partial charge on any atom is -0.291 e. The Hall–Kier alpha value is 0.400. The summed E-state index contributed by atoms with van der Waals surface area (Å²) >= 11 is 4.29. The molecule has 0 heterocycles. The van der Waals surface area contributed by atoms with Gasteiger partial charge in [0.1, 0.15) is 0 Å². The maximum absolute atomic E-state index is 11.1. The Morgan fingerprint density at radius 2 is 1.47 bits per heavy atom. The Balaban J connectivity index is 3.01. The molecule has 0 aliphatic heterocycles. The molecule has 0 radical (unpaired) electrons. The van der Waals surface area contributed by atoms with Crippen molar-refractivity contribution in [2.45, 2.75) is 64.7 Å². The summed E-state index contributed by atoms with van der Waals surface area (Å²) in [5, 5.41) is 0. The van der Waals surface area contributed by atoms with Gasteiger partial charge in [0, 0.05) is 5.88 Å². The highest BCUT2D eigenvalue weighted by molar-refractivity contribution is 7.80. The summed E-state index contributed by atoms with van der Waals surface area (Å²) in [6.07, 6.45) is 11.6. The van der Waals surface area contributed by atoms with Crippen LogP contribution in [0.3, 0.4) is 0 Å². The summed E-state index contributed by atoms with van der Waals surface area (Å²) in [4.78, 5) is 0. The molecular weight excluding hydrogens is 256 g/mol. The van der Waals surface area contributed by atoms with Crippen molar-refractivity contribution in [3.8, 4) is 0 Å². The van der Waals surface area contributed by atoms with Gasteiger partial charge in [0.25, 0.3) is 0 Å². The van der Waals surface area contributed by atoms with Crippen molar-refractivity contribution in [2.24, 2.45) is 0 Å². The fourth-order valence-corrected chi connectivity index (χ4v) is 2.61. The molecule has 0 aromatic rings. The zero-order valence-electron chi connectivity index (χ0n) is 11.1. The second-order valence-electron chi connectivity index (χ2n) is 4.35. The van der Waals surface area contributed by atoms with Crippen molar-refractivity contribution in [2.75, 3.05) is 18.2 Å². The topological polar surface area (TPSA) is 26.3 Å². The fraction of sp³-hybridized carbons (Fsp3) is 1.00. The van der Waals surface area contributed by atoms with E-state index in [2.05, 4.69) is 6.92 Å². The Kier molecular flexibility index (Phi) is 14.8. The van der Waals surface area contributed by atoms with Crippen molar-refractivity contribution in [1.82, 2.24) is 0 Å². The number of alkyl halides is 1. The maximum Gasteiger partial charge on any atom is 0.156 e. The molecule has 0 fully saturated rings. The fourth-order valence-electron chi connectivity index (χ4n) is 1.69. The van der Waals surface area contributed by atoms with Gasteiger partial charge in [0.05, 0.1) is 12.4 Å². The molecular formula is C13H27ClO2S. The van der Waals surface area contributed by atoms with E-state index in [-0.39, 0.29) is 0 Å². The minimum absolute atomic E-state index is 0.407. The third-order valence-corrected chi connectivity index (χ3v) is 4.09. The normalized spacial score (nSPS) is 12.8. The van der Waals surface area contributed by atoms with E-state index in [0.29, 0.717) is 18.2 Å². The lowest BCUT2D eigenvalue weighted by Gasteiger charge is -2.03. The highest BCUT2D eigenvalue weighted by Gasteiger charge is 1.98. The third kappa shape index (κ3) is 14.3. The first-order chi connectivity index (χ1) is 8.31. The Bertz CT molecular complexity index is 177. The van der Waals surface area contributed by atoms with Crippen LogP contribution in [-0.2, 0) is 15.3 Å². The molecule has 0 rings (SSSR count). The standard InChI is InChI=1S/C13H27ClO2S/c1-2-3-4-5-6-7-8-9-10-12-16-17(15)13-11-14/h2-13H2,1H3. The molecule has 1 atom stereocenters. The van der Waals surface area contributed by atoms with Crippen molar-refractivity contribution < 1.29 is 8.39 Å². The van der Waals surface area contributed by atoms with Gasteiger partial charge < -0.3 is 0 Å². The average Bonchev–Trinajstić information content (AvgIpc) is 2.32. The van der Waals surface area contributed by atoms with Gasteiger partial charge in [-0.25, -0.2) is 4.21 Å². The third-order valence-electron chi connectivity index (χ3n) is 2.71. The largest absolute Gasteiger partial charge is 0.291 e. The van der Waals surface area contributed by atoms with E-state index in [1.807, 2.05) is 0 Å². The molecule has 2 nitrogen and oxygen atoms in total. The lowest BCUT2D eigenvalue weighted by molar-refractivity contribution is 0.332. The summed E-state index contributed by atoms with van der Waals surface area (Å²) < 4.78 is 16.2. The lowest BCUT2D eigenvalue weighted by atomic mass is 10.1. The van der Waals surface area contributed by atoms with Gasteiger partial charge in [-0.15, -0.1) is 11.6 Å². The van der Waals surface area contributed by atoms with E-state index in [0.717, 1.165) is 6.42 Å². The van der Waals surface area contributed by atoms with Crippen molar-refractivity contribution >= 4 is 22.7 Å². The number of rotatable bonds is 13. The van der Waals surface area contributed by atoms with Crippen molar-refractivity contribution in [3.05, 3.63) is 0 Å². The van der Waals surface area contributed by atoms with Crippen LogP contribution in [0.25, 0.3) is 0 Å². The van der Waals surface area contributed by atoms with Crippen molar-refractivity contribution in [3.63, 3.8) is 0 Å². The summed E-state index contributed by atoms with van der Waals surface area (Å²) in [5.41, 5.74) is 0. The molecule has 0 amide bonds. The predicted octanol–water partition coefficient (Wildman–Crippen LogP) is 4.44. The number of hydrogen-bond donors (Lipinski definition) is 0. The Morgan fingerprint density at radius 3 is 2.00 bits per heavy atom. The molecule has 0 N–H and O–H groups in total. The van der Waals surface area contributed by atoms with Crippen LogP contribution in [0.2, 0.25) is 0 Å². The molecule has 0 spiro atoms. The van der Waals surface area contributed by atoms with Gasteiger partial charge in [-0.3, -0.25) is 4.18 Å². The molecule has 4 heteroatoms. The first-order valence-electron chi connectivity index (χ1n) is 6.89. The molecule has 0 aromatic carbocycles.